The van der Waals surface area contributed by atoms with E-state index in [9.17, 15) is 0 Å². The van der Waals surface area contributed by atoms with Gasteiger partial charge in [-0.25, -0.2) is 4.98 Å². The summed E-state index contributed by atoms with van der Waals surface area (Å²) >= 11 is 1.66. The maximum absolute atomic E-state index is 5.41. The Morgan fingerprint density at radius 3 is 2.62 bits per heavy atom. The largest absolute Gasteiger partial charge is 0.438 e. The van der Waals surface area contributed by atoms with E-state index in [2.05, 4.69) is 27.3 Å². The van der Waals surface area contributed by atoms with Crippen molar-refractivity contribution < 1.29 is 9.57 Å². The molecule has 0 radical (unpaired) electrons. The predicted molar refractivity (Wildman–Crippen MR) is 95.0 cm³/mol. The summed E-state index contributed by atoms with van der Waals surface area (Å²) in [6.45, 7) is 1.95. The highest BCUT2D eigenvalue weighted by Gasteiger charge is 2.17. The maximum atomic E-state index is 5.41. The molecule has 3 aromatic rings. The molecule has 4 rings (SSSR count). The zero-order chi connectivity index (χ0) is 16.6. The van der Waals surface area contributed by atoms with Crippen LogP contribution in [0.1, 0.15) is 13.3 Å². The number of aromatic nitrogens is 2. The highest BCUT2D eigenvalue weighted by molar-refractivity contribution is 7.13. The summed E-state index contributed by atoms with van der Waals surface area (Å²) in [6, 6.07) is 13.8. The molecular weight excluding hydrogens is 322 g/mol. The highest BCUT2D eigenvalue weighted by Crippen LogP contribution is 2.20. The Hall–Kier alpha value is -2.73. The van der Waals surface area contributed by atoms with Crippen molar-refractivity contribution in [3.05, 3.63) is 66.4 Å². The summed E-state index contributed by atoms with van der Waals surface area (Å²) in [7, 11) is 0. The van der Waals surface area contributed by atoms with Gasteiger partial charge < -0.3 is 9.57 Å². The maximum Gasteiger partial charge on any atom is 0.235 e. The standard InChI is InChI=1S/C9H10N2O2.C9H7NS/c1-7-5-9(11-13-7)12-8-3-2-4-10-6-8;1-2-4-8(5-3-1)9-10-6-7-11-9/h2-4,6-7H,5H2,1H3;1-7H. The molecule has 1 aliphatic heterocycles. The number of rotatable bonds is 2. The van der Waals surface area contributed by atoms with Crippen LogP contribution in [0.5, 0.6) is 5.75 Å². The van der Waals surface area contributed by atoms with E-state index in [0.29, 0.717) is 11.6 Å². The van der Waals surface area contributed by atoms with E-state index >= 15 is 0 Å². The monoisotopic (exact) mass is 339 g/mol. The van der Waals surface area contributed by atoms with Gasteiger partial charge in [0.15, 0.2) is 0 Å². The smallest absolute Gasteiger partial charge is 0.235 e. The number of hydrogen-bond donors (Lipinski definition) is 0. The van der Waals surface area contributed by atoms with Gasteiger partial charge in [-0.1, -0.05) is 35.5 Å². The first-order valence-corrected chi connectivity index (χ1v) is 8.45. The lowest BCUT2D eigenvalue weighted by Gasteiger charge is -2.01. The van der Waals surface area contributed by atoms with Crippen LogP contribution in [0.15, 0.2) is 71.6 Å². The molecule has 0 amide bonds. The second-order valence-electron chi connectivity index (χ2n) is 5.10. The first-order chi connectivity index (χ1) is 11.8. The van der Waals surface area contributed by atoms with Gasteiger partial charge in [0.05, 0.1) is 12.6 Å². The minimum absolute atomic E-state index is 0.117. The Bertz CT molecular complexity index is 761. The molecule has 0 N–H and O–H groups in total. The molecule has 0 saturated heterocycles. The molecule has 24 heavy (non-hydrogen) atoms. The van der Waals surface area contributed by atoms with Crippen LogP contribution in [-0.4, -0.2) is 22.0 Å². The van der Waals surface area contributed by atoms with Gasteiger partial charge in [-0.05, 0) is 19.1 Å². The molecule has 0 spiro atoms. The van der Waals surface area contributed by atoms with Crippen LogP contribution >= 0.6 is 11.3 Å². The summed E-state index contributed by atoms with van der Waals surface area (Å²) in [5, 5.41) is 6.86. The minimum Gasteiger partial charge on any atom is -0.438 e. The molecule has 0 bridgehead atoms. The van der Waals surface area contributed by atoms with E-state index in [1.54, 1.807) is 23.7 Å². The van der Waals surface area contributed by atoms with Gasteiger partial charge >= 0.3 is 0 Å². The van der Waals surface area contributed by atoms with Crippen LogP contribution in [0.2, 0.25) is 0 Å². The van der Waals surface area contributed by atoms with Gasteiger partial charge in [-0.15, -0.1) is 11.3 Å². The summed E-state index contributed by atoms with van der Waals surface area (Å²) in [4.78, 5) is 13.1. The van der Waals surface area contributed by atoms with Crippen LogP contribution < -0.4 is 4.74 Å². The Morgan fingerprint density at radius 2 is 2.00 bits per heavy atom. The lowest BCUT2D eigenvalue weighted by Crippen LogP contribution is -2.08. The molecule has 0 fully saturated rings. The number of ether oxygens (including phenoxy) is 1. The van der Waals surface area contributed by atoms with Gasteiger partial charge in [-0.2, -0.15) is 0 Å². The summed E-state index contributed by atoms with van der Waals surface area (Å²) < 4.78 is 5.41. The molecule has 3 heterocycles. The van der Waals surface area contributed by atoms with Crippen molar-refractivity contribution in [1.82, 2.24) is 9.97 Å². The van der Waals surface area contributed by atoms with Crippen LogP contribution in [0, 0.1) is 0 Å². The minimum atomic E-state index is 0.117. The zero-order valence-corrected chi connectivity index (χ0v) is 14.0. The number of pyridine rings is 1. The third kappa shape index (κ3) is 4.63. The zero-order valence-electron chi connectivity index (χ0n) is 13.2. The molecule has 1 atom stereocenters. The summed E-state index contributed by atoms with van der Waals surface area (Å²) in [5.41, 5.74) is 1.20. The summed E-state index contributed by atoms with van der Waals surface area (Å²) in [6.07, 6.45) is 6.00. The van der Waals surface area contributed by atoms with Gasteiger partial charge in [-0.3, -0.25) is 4.98 Å². The fourth-order valence-corrected chi connectivity index (χ4v) is 2.66. The Labute approximate surface area is 144 Å². The average molecular weight is 339 g/mol. The number of benzene rings is 1. The van der Waals surface area contributed by atoms with Gasteiger partial charge in [0.25, 0.3) is 0 Å². The van der Waals surface area contributed by atoms with Crippen molar-refractivity contribution in [2.75, 3.05) is 0 Å². The normalized spacial score (nSPS) is 15.7. The number of thiazole rings is 1. The van der Waals surface area contributed by atoms with Crippen LogP contribution in [0.25, 0.3) is 10.6 Å². The highest BCUT2D eigenvalue weighted by atomic mass is 32.1. The lowest BCUT2D eigenvalue weighted by atomic mass is 10.2. The molecule has 6 heteroatoms. The molecule has 1 aliphatic rings. The fourth-order valence-electron chi connectivity index (χ4n) is 2.02. The predicted octanol–water partition coefficient (Wildman–Crippen LogP) is 4.39. The van der Waals surface area contributed by atoms with Crippen molar-refractivity contribution in [3.8, 4) is 16.3 Å². The Kier molecular flexibility index (Phi) is 5.52. The first kappa shape index (κ1) is 16.1. The van der Waals surface area contributed by atoms with Crippen LogP contribution in [0.4, 0.5) is 0 Å². The second kappa shape index (κ2) is 8.21. The molecule has 1 unspecified atom stereocenters. The van der Waals surface area contributed by atoms with E-state index in [0.717, 1.165) is 11.4 Å². The van der Waals surface area contributed by atoms with Gasteiger partial charge in [0.1, 0.15) is 16.9 Å². The topological polar surface area (TPSA) is 56.6 Å². The lowest BCUT2D eigenvalue weighted by molar-refractivity contribution is 0.0992. The fraction of sp³-hybridized carbons (Fsp3) is 0.167. The quantitative estimate of drug-likeness (QED) is 0.695. The summed E-state index contributed by atoms with van der Waals surface area (Å²) in [5.74, 6) is 1.31. The van der Waals surface area contributed by atoms with E-state index in [-0.39, 0.29) is 6.10 Å². The van der Waals surface area contributed by atoms with E-state index in [1.807, 2.05) is 48.8 Å². The molecular formula is C18H17N3O2S. The molecule has 2 aromatic heterocycles. The molecule has 0 saturated carbocycles. The number of hydrogen-bond acceptors (Lipinski definition) is 6. The van der Waals surface area contributed by atoms with Crippen molar-refractivity contribution in [2.45, 2.75) is 19.4 Å². The third-order valence-corrected chi connectivity index (χ3v) is 3.94. The average Bonchev–Trinajstić information content (AvgIpc) is 3.29. The molecule has 1 aromatic carbocycles. The Morgan fingerprint density at radius 1 is 1.12 bits per heavy atom. The number of nitrogens with zero attached hydrogens (tertiary/aromatic N) is 3. The van der Waals surface area contributed by atoms with Gasteiger partial charge in [0.2, 0.25) is 5.90 Å². The van der Waals surface area contributed by atoms with Crippen molar-refractivity contribution >= 4 is 17.2 Å². The van der Waals surface area contributed by atoms with Crippen LogP contribution in [0.3, 0.4) is 0 Å². The van der Waals surface area contributed by atoms with Crippen molar-refractivity contribution in [2.24, 2.45) is 5.16 Å². The molecule has 0 aliphatic carbocycles. The molecule has 122 valence electrons. The molecule has 5 nitrogen and oxygen atoms in total. The van der Waals surface area contributed by atoms with E-state index in [1.165, 1.54) is 5.56 Å². The van der Waals surface area contributed by atoms with Crippen molar-refractivity contribution in [3.63, 3.8) is 0 Å². The van der Waals surface area contributed by atoms with E-state index < -0.39 is 0 Å². The van der Waals surface area contributed by atoms with Gasteiger partial charge in [0, 0.05) is 23.3 Å². The SMILES string of the molecule is CC1CC(Oc2cccnc2)=NO1.c1ccc(-c2nccs2)cc1. The Balaban J connectivity index is 0.000000143. The number of oxime groups is 1. The van der Waals surface area contributed by atoms with Crippen LogP contribution in [-0.2, 0) is 4.84 Å². The van der Waals surface area contributed by atoms with Crippen molar-refractivity contribution in [1.29, 1.82) is 0 Å². The third-order valence-electron chi connectivity index (χ3n) is 3.12. The second-order valence-corrected chi connectivity index (χ2v) is 5.99. The van der Waals surface area contributed by atoms with E-state index in [4.69, 9.17) is 9.57 Å². The first-order valence-electron chi connectivity index (χ1n) is 7.57.